The number of carbonyl (C=O) groups is 1. The third-order valence-corrected chi connectivity index (χ3v) is 4.72. The largest absolute Gasteiger partial charge is 0.345 e. The monoisotopic (exact) mass is 367 g/mol. The zero-order valence-electron chi connectivity index (χ0n) is 14.9. The number of benzene rings is 2. The van der Waals surface area contributed by atoms with Gasteiger partial charge in [0.1, 0.15) is 0 Å². The van der Waals surface area contributed by atoms with Crippen molar-refractivity contribution in [2.45, 2.75) is 26.9 Å². The SMILES string of the molecule is Cc1cccc(NC(=O)NCc2cccn2Cc2ccc(Cl)cc2)c1C. The zero-order valence-corrected chi connectivity index (χ0v) is 15.7. The van der Waals surface area contributed by atoms with Gasteiger partial charge in [-0.25, -0.2) is 4.79 Å². The van der Waals surface area contributed by atoms with Gasteiger partial charge in [-0.3, -0.25) is 0 Å². The number of aromatic nitrogens is 1. The first-order valence-electron chi connectivity index (χ1n) is 8.52. The minimum absolute atomic E-state index is 0.210. The molecule has 0 aliphatic heterocycles. The van der Waals surface area contributed by atoms with Crippen LogP contribution >= 0.6 is 11.6 Å². The summed E-state index contributed by atoms with van der Waals surface area (Å²) in [6.45, 7) is 5.22. The molecule has 0 saturated carbocycles. The van der Waals surface area contributed by atoms with Crippen molar-refractivity contribution in [2.75, 3.05) is 5.32 Å². The molecule has 3 rings (SSSR count). The Labute approximate surface area is 158 Å². The van der Waals surface area contributed by atoms with Crippen molar-refractivity contribution in [2.24, 2.45) is 0 Å². The highest BCUT2D eigenvalue weighted by Crippen LogP contribution is 2.18. The Hall–Kier alpha value is -2.72. The molecule has 0 aliphatic carbocycles. The summed E-state index contributed by atoms with van der Waals surface area (Å²) in [7, 11) is 0. The van der Waals surface area contributed by atoms with Crippen LogP contribution in [0.15, 0.2) is 60.8 Å². The molecule has 5 heteroatoms. The number of carbonyl (C=O) groups excluding carboxylic acids is 1. The van der Waals surface area contributed by atoms with Gasteiger partial charge in [0.2, 0.25) is 0 Å². The Balaban J connectivity index is 1.60. The molecule has 0 aliphatic rings. The van der Waals surface area contributed by atoms with Crippen molar-refractivity contribution < 1.29 is 4.79 Å². The summed E-state index contributed by atoms with van der Waals surface area (Å²) in [6, 6.07) is 17.4. The van der Waals surface area contributed by atoms with Crippen LogP contribution in [-0.4, -0.2) is 10.6 Å². The Morgan fingerprint density at radius 3 is 2.58 bits per heavy atom. The van der Waals surface area contributed by atoms with Crippen molar-refractivity contribution >= 4 is 23.3 Å². The van der Waals surface area contributed by atoms with Gasteiger partial charge >= 0.3 is 6.03 Å². The van der Waals surface area contributed by atoms with Gasteiger partial charge in [0, 0.05) is 29.1 Å². The summed E-state index contributed by atoms with van der Waals surface area (Å²) in [5.41, 5.74) is 5.26. The van der Waals surface area contributed by atoms with E-state index in [-0.39, 0.29) is 6.03 Å². The lowest BCUT2D eigenvalue weighted by atomic mass is 10.1. The molecule has 1 aromatic heterocycles. The lowest BCUT2D eigenvalue weighted by Gasteiger charge is -2.13. The highest BCUT2D eigenvalue weighted by Gasteiger charge is 2.07. The summed E-state index contributed by atoms with van der Waals surface area (Å²) in [6.07, 6.45) is 2.01. The van der Waals surface area contributed by atoms with E-state index in [2.05, 4.69) is 15.2 Å². The van der Waals surface area contributed by atoms with Gasteiger partial charge in [0.25, 0.3) is 0 Å². The maximum Gasteiger partial charge on any atom is 0.319 e. The molecule has 3 aromatic rings. The predicted molar refractivity (Wildman–Crippen MR) is 107 cm³/mol. The van der Waals surface area contributed by atoms with E-state index in [4.69, 9.17) is 11.6 Å². The first-order chi connectivity index (χ1) is 12.5. The molecular formula is C21H22ClN3O. The minimum Gasteiger partial charge on any atom is -0.345 e. The van der Waals surface area contributed by atoms with E-state index in [1.165, 1.54) is 0 Å². The lowest BCUT2D eigenvalue weighted by molar-refractivity contribution is 0.251. The smallest absolute Gasteiger partial charge is 0.319 e. The second-order valence-corrected chi connectivity index (χ2v) is 6.75. The van der Waals surface area contributed by atoms with E-state index in [9.17, 15) is 4.79 Å². The number of hydrogen-bond acceptors (Lipinski definition) is 1. The number of nitrogens with zero attached hydrogens (tertiary/aromatic N) is 1. The van der Waals surface area contributed by atoms with E-state index >= 15 is 0 Å². The normalized spacial score (nSPS) is 10.6. The van der Waals surface area contributed by atoms with Crippen LogP contribution in [0.2, 0.25) is 5.02 Å². The molecule has 0 radical (unpaired) electrons. The van der Waals surface area contributed by atoms with Crippen LogP contribution in [0.4, 0.5) is 10.5 Å². The van der Waals surface area contributed by atoms with E-state index < -0.39 is 0 Å². The number of nitrogens with one attached hydrogen (secondary N) is 2. The number of hydrogen-bond donors (Lipinski definition) is 2. The van der Waals surface area contributed by atoms with Gasteiger partial charge in [0.05, 0.1) is 6.54 Å². The fourth-order valence-corrected chi connectivity index (χ4v) is 2.90. The van der Waals surface area contributed by atoms with E-state index in [0.717, 1.165) is 39.6 Å². The van der Waals surface area contributed by atoms with E-state index in [1.807, 2.05) is 74.6 Å². The molecule has 2 N–H and O–H groups in total. The van der Waals surface area contributed by atoms with Crippen LogP contribution < -0.4 is 10.6 Å². The number of amides is 2. The Morgan fingerprint density at radius 1 is 1.04 bits per heavy atom. The zero-order chi connectivity index (χ0) is 18.5. The molecule has 1 heterocycles. The highest BCUT2D eigenvalue weighted by molar-refractivity contribution is 6.30. The van der Waals surface area contributed by atoms with Crippen LogP contribution in [-0.2, 0) is 13.1 Å². The maximum atomic E-state index is 12.2. The first kappa shape index (κ1) is 18.1. The van der Waals surface area contributed by atoms with Gasteiger partial charge in [-0.05, 0) is 60.9 Å². The highest BCUT2D eigenvalue weighted by atomic mass is 35.5. The average Bonchev–Trinajstić information content (AvgIpc) is 3.06. The number of halogens is 1. The van der Waals surface area contributed by atoms with Crippen molar-refractivity contribution in [1.82, 2.24) is 9.88 Å². The van der Waals surface area contributed by atoms with Crippen LogP contribution in [0.5, 0.6) is 0 Å². The predicted octanol–water partition coefficient (Wildman–Crippen LogP) is 5.13. The second-order valence-electron chi connectivity index (χ2n) is 6.31. The van der Waals surface area contributed by atoms with Gasteiger partial charge in [0.15, 0.2) is 0 Å². The molecule has 0 atom stereocenters. The van der Waals surface area contributed by atoms with Crippen LogP contribution in [0.1, 0.15) is 22.4 Å². The standard InChI is InChI=1S/C21H22ClN3O/c1-15-5-3-7-20(16(15)2)24-21(26)23-13-19-6-4-12-25(19)14-17-8-10-18(22)11-9-17/h3-12H,13-14H2,1-2H3,(H2,23,24,26). The number of anilines is 1. The second kappa shape index (κ2) is 8.11. The number of aryl methyl sites for hydroxylation is 1. The Morgan fingerprint density at radius 2 is 1.81 bits per heavy atom. The fraction of sp³-hybridized carbons (Fsp3) is 0.190. The molecule has 0 bridgehead atoms. The molecule has 0 unspecified atom stereocenters. The molecule has 0 fully saturated rings. The van der Waals surface area contributed by atoms with Crippen molar-refractivity contribution in [3.05, 3.63) is 88.2 Å². The van der Waals surface area contributed by atoms with E-state index in [1.54, 1.807) is 0 Å². The Bertz CT molecular complexity index is 900. The lowest BCUT2D eigenvalue weighted by Crippen LogP contribution is -2.29. The van der Waals surface area contributed by atoms with Gasteiger partial charge in [-0.15, -0.1) is 0 Å². The fourth-order valence-electron chi connectivity index (χ4n) is 2.77. The van der Waals surface area contributed by atoms with Gasteiger partial charge in [-0.2, -0.15) is 0 Å². The summed E-state index contributed by atoms with van der Waals surface area (Å²) >= 11 is 5.94. The summed E-state index contributed by atoms with van der Waals surface area (Å²) in [5.74, 6) is 0. The third kappa shape index (κ3) is 4.46. The molecular weight excluding hydrogens is 346 g/mol. The molecule has 26 heavy (non-hydrogen) atoms. The first-order valence-corrected chi connectivity index (χ1v) is 8.90. The average molecular weight is 368 g/mol. The molecule has 0 saturated heterocycles. The number of rotatable bonds is 5. The minimum atomic E-state index is -0.210. The quantitative estimate of drug-likeness (QED) is 0.645. The topological polar surface area (TPSA) is 46.1 Å². The Kier molecular flexibility index (Phi) is 5.64. The number of urea groups is 1. The molecule has 2 aromatic carbocycles. The van der Waals surface area contributed by atoms with Crippen molar-refractivity contribution in [3.8, 4) is 0 Å². The van der Waals surface area contributed by atoms with E-state index in [0.29, 0.717) is 6.54 Å². The van der Waals surface area contributed by atoms with Crippen LogP contribution in [0.25, 0.3) is 0 Å². The molecule has 2 amide bonds. The third-order valence-electron chi connectivity index (χ3n) is 4.47. The van der Waals surface area contributed by atoms with Crippen molar-refractivity contribution in [1.29, 1.82) is 0 Å². The van der Waals surface area contributed by atoms with Crippen LogP contribution in [0.3, 0.4) is 0 Å². The molecule has 134 valence electrons. The molecule has 0 spiro atoms. The summed E-state index contributed by atoms with van der Waals surface area (Å²) in [4.78, 5) is 12.2. The van der Waals surface area contributed by atoms with Gasteiger partial charge in [-0.1, -0.05) is 35.9 Å². The van der Waals surface area contributed by atoms with Crippen LogP contribution in [0, 0.1) is 13.8 Å². The molecule has 4 nitrogen and oxygen atoms in total. The van der Waals surface area contributed by atoms with Crippen molar-refractivity contribution in [3.63, 3.8) is 0 Å². The summed E-state index contributed by atoms with van der Waals surface area (Å²) < 4.78 is 2.11. The van der Waals surface area contributed by atoms with Gasteiger partial charge < -0.3 is 15.2 Å². The maximum absolute atomic E-state index is 12.2. The summed E-state index contributed by atoms with van der Waals surface area (Å²) in [5, 5.41) is 6.57.